The molecule has 1 unspecified atom stereocenters. The summed E-state index contributed by atoms with van der Waals surface area (Å²) in [6.45, 7) is 3.03. The molecule has 1 atom stereocenters. The number of hydrazine groups is 1. The molecule has 0 amide bonds. The Balaban J connectivity index is 3.05. The molecule has 0 radical (unpaired) electrons. The van der Waals surface area contributed by atoms with Gasteiger partial charge in [-0.1, -0.05) is 6.07 Å². The average Bonchev–Trinajstić information content (AvgIpc) is 2.39. The van der Waals surface area contributed by atoms with Gasteiger partial charge >= 0.3 is 0 Å². The lowest BCUT2D eigenvalue weighted by atomic mass is 10.1. The minimum absolute atomic E-state index is 0.166. The van der Waals surface area contributed by atoms with E-state index in [4.69, 9.17) is 20.1 Å². The molecule has 0 bridgehead atoms. The van der Waals surface area contributed by atoms with Crippen LogP contribution in [0.1, 0.15) is 18.5 Å². The van der Waals surface area contributed by atoms with Crippen LogP contribution < -0.4 is 20.7 Å². The van der Waals surface area contributed by atoms with Gasteiger partial charge in [-0.3, -0.25) is 11.3 Å². The predicted molar refractivity (Wildman–Crippen MR) is 66.1 cm³/mol. The van der Waals surface area contributed by atoms with E-state index in [0.29, 0.717) is 13.2 Å². The fraction of sp³-hybridized carbons (Fsp3) is 0.500. The van der Waals surface area contributed by atoms with Gasteiger partial charge < -0.3 is 14.2 Å². The molecule has 96 valence electrons. The molecule has 3 N–H and O–H groups in total. The van der Waals surface area contributed by atoms with Crippen molar-refractivity contribution in [2.75, 3.05) is 27.4 Å². The van der Waals surface area contributed by atoms with E-state index in [2.05, 4.69) is 5.43 Å². The minimum atomic E-state index is -0.166. The highest BCUT2D eigenvalue weighted by Crippen LogP contribution is 2.33. The van der Waals surface area contributed by atoms with Crippen LogP contribution in [0.15, 0.2) is 18.2 Å². The van der Waals surface area contributed by atoms with E-state index in [0.717, 1.165) is 17.1 Å². The van der Waals surface area contributed by atoms with Gasteiger partial charge in [-0.25, -0.2) is 0 Å². The highest BCUT2D eigenvalue weighted by atomic mass is 16.5. The van der Waals surface area contributed by atoms with Gasteiger partial charge in [-0.15, -0.1) is 0 Å². The van der Waals surface area contributed by atoms with Gasteiger partial charge in [0.1, 0.15) is 11.5 Å². The van der Waals surface area contributed by atoms with Gasteiger partial charge in [-0.05, 0) is 19.1 Å². The number of nitrogens with one attached hydrogen (secondary N) is 1. The first-order valence-electron chi connectivity index (χ1n) is 5.53. The van der Waals surface area contributed by atoms with Crippen molar-refractivity contribution in [3.63, 3.8) is 0 Å². The third kappa shape index (κ3) is 3.33. The summed E-state index contributed by atoms with van der Waals surface area (Å²) in [5, 5.41) is 0. The van der Waals surface area contributed by atoms with E-state index in [1.807, 2.05) is 25.1 Å². The quantitative estimate of drug-likeness (QED) is 0.554. The molecule has 0 saturated heterocycles. The van der Waals surface area contributed by atoms with Crippen molar-refractivity contribution < 1.29 is 14.2 Å². The van der Waals surface area contributed by atoms with E-state index in [9.17, 15) is 0 Å². The Morgan fingerprint density at radius 2 is 1.82 bits per heavy atom. The van der Waals surface area contributed by atoms with Crippen LogP contribution in [-0.4, -0.2) is 27.4 Å². The molecule has 0 fully saturated rings. The van der Waals surface area contributed by atoms with E-state index in [1.165, 1.54) is 0 Å². The maximum atomic E-state index is 5.55. The molecular weight excluding hydrogens is 220 g/mol. The predicted octanol–water partition coefficient (Wildman–Crippen LogP) is 1.24. The van der Waals surface area contributed by atoms with Crippen molar-refractivity contribution in [3.8, 4) is 11.5 Å². The van der Waals surface area contributed by atoms with Gasteiger partial charge in [0.05, 0.1) is 32.4 Å². The number of rotatable bonds is 7. The number of hydrogen-bond donors (Lipinski definition) is 2. The lowest BCUT2D eigenvalue weighted by Crippen LogP contribution is -2.32. The summed E-state index contributed by atoms with van der Waals surface area (Å²) in [7, 11) is 3.24. The van der Waals surface area contributed by atoms with Gasteiger partial charge in [0, 0.05) is 6.61 Å². The molecule has 1 rings (SSSR count). The van der Waals surface area contributed by atoms with Crippen LogP contribution in [0.4, 0.5) is 0 Å². The molecule has 5 nitrogen and oxygen atoms in total. The summed E-state index contributed by atoms with van der Waals surface area (Å²) in [5.41, 5.74) is 3.59. The Labute approximate surface area is 102 Å². The van der Waals surface area contributed by atoms with Crippen molar-refractivity contribution >= 4 is 0 Å². The van der Waals surface area contributed by atoms with Crippen LogP contribution in [0.2, 0.25) is 0 Å². The zero-order valence-electron chi connectivity index (χ0n) is 10.5. The fourth-order valence-electron chi connectivity index (χ4n) is 1.67. The van der Waals surface area contributed by atoms with Crippen LogP contribution in [0.5, 0.6) is 11.5 Å². The van der Waals surface area contributed by atoms with Gasteiger partial charge in [0.25, 0.3) is 0 Å². The maximum absolute atomic E-state index is 5.55. The summed E-state index contributed by atoms with van der Waals surface area (Å²) in [6.07, 6.45) is 0. The topological polar surface area (TPSA) is 65.7 Å². The largest absolute Gasteiger partial charge is 0.496 e. The van der Waals surface area contributed by atoms with Crippen molar-refractivity contribution in [3.05, 3.63) is 23.8 Å². The van der Waals surface area contributed by atoms with Crippen molar-refractivity contribution in [1.82, 2.24) is 5.43 Å². The van der Waals surface area contributed by atoms with Crippen LogP contribution >= 0.6 is 0 Å². The molecule has 5 heteroatoms. The summed E-state index contributed by atoms with van der Waals surface area (Å²) >= 11 is 0. The summed E-state index contributed by atoms with van der Waals surface area (Å²) in [5.74, 6) is 7.01. The second-order valence-electron chi connectivity index (χ2n) is 3.45. The number of benzene rings is 1. The first-order chi connectivity index (χ1) is 8.28. The third-order valence-corrected chi connectivity index (χ3v) is 2.50. The smallest absolute Gasteiger partial charge is 0.127 e. The molecule has 0 saturated carbocycles. The summed E-state index contributed by atoms with van der Waals surface area (Å²) in [4.78, 5) is 0. The molecule has 0 aromatic heterocycles. The zero-order valence-corrected chi connectivity index (χ0v) is 10.5. The van der Waals surface area contributed by atoms with Gasteiger partial charge in [-0.2, -0.15) is 0 Å². The third-order valence-electron chi connectivity index (χ3n) is 2.50. The standard InChI is InChI=1S/C12H20N2O3/c1-4-17-8-9(14-13)12-10(15-2)6-5-7-11(12)16-3/h5-7,9,14H,4,8,13H2,1-3H3. The second-order valence-corrected chi connectivity index (χ2v) is 3.45. The Hall–Kier alpha value is -1.30. The van der Waals surface area contributed by atoms with Crippen molar-refractivity contribution in [1.29, 1.82) is 0 Å². The molecule has 0 aliphatic carbocycles. The Morgan fingerprint density at radius 1 is 1.24 bits per heavy atom. The molecule has 1 aromatic carbocycles. The van der Waals surface area contributed by atoms with Crippen LogP contribution in [-0.2, 0) is 4.74 Å². The van der Waals surface area contributed by atoms with E-state index in [-0.39, 0.29) is 6.04 Å². The highest BCUT2D eigenvalue weighted by Gasteiger charge is 2.19. The lowest BCUT2D eigenvalue weighted by Gasteiger charge is -2.21. The van der Waals surface area contributed by atoms with E-state index in [1.54, 1.807) is 14.2 Å². The number of methoxy groups -OCH3 is 2. The Morgan fingerprint density at radius 3 is 2.24 bits per heavy atom. The number of ether oxygens (including phenoxy) is 3. The van der Waals surface area contributed by atoms with Gasteiger partial charge in [0.15, 0.2) is 0 Å². The number of hydrogen-bond acceptors (Lipinski definition) is 5. The lowest BCUT2D eigenvalue weighted by molar-refractivity contribution is 0.121. The maximum Gasteiger partial charge on any atom is 0.127 e. The minimum Gasteiger partial charge on any atom is -0.496 e. The van der Waals surface area contributed by atoms with E-state index < -0.39 is 0 Å². The number of nitrogens with two attached hydrogens (primary N) is 1. The SMILES string of the molecule is CCOCC(NN)c1c(OC)cccc1OC. The molecule has 1 aromatic rings. The van der Waals surface area contributed by atoms with Gasteiger partial charge in [0.2, 0.25) is 0 Å². The molecule has 17 heavy (non-hydrogen) atoms. The van der Waals surface area contributed by atoms with Crippen molar-refractivity contribution in [2.45, 2.75) is 13.0 Å². The molecule has 0 aliphatic rings. The average molecular weight is 240 g/mol. The Bertz CT molecular complexity index is 322. The fourth-order valence-corrected chi connectivity index (χ4v) is 1.67. The normalized spacial score (nSPS) is 12.2. The first-order valence-corrected chi connectivity index (χ1v) is 5.53. The van der Waals surface area contributed by atoms with Crippen LogP contribution in [0, 0.1) is 0 Å². The molecule has 0 heterocycles. The highest BCUT2D eigenvalue weighted by molar-refractivity contribution is 5.47. The molecule has 0 spiro atoms. The van der Waals surface area contributed by atoms with Crippen molar-refractivity contribution in [2.24, 2.45) is 5.84 Å². The Kier molecular flexibility index (Phi) is 5.76. The van der Waals surface area contributed by atoms with E-state index >= 15 is 0 Å². The first kappa shape index (κ1) is 13.8. The zero-order chi connectivity index (χ0) is 12.7. The molecule has 0 aliphatic heterocycles. The second kappa shape index (κ2) is 7.11. The summed E-state index contributed by atoms with van der Waals surface area (Å²) in [6, 6.07) is 5.44. The van der Waals surface area contributed by atoms with Crippen LogP contribution in [0.3, 0.4) is 0 Å². The molecular formula is C12H20N2O3. The summed E-state index contributed by atoms with van der Waals surface area (Å²) < 4.78 is 16.0. The monoisotopic (exact) mass is 240 g/mol. The van der Waals surface area contributed by atoms with Crippen LogP contribution in [0.25, 0.3) is 0 Å².